The van der Waals surface area contributed by atoms with Gasteiger partial charge < -0.3 is 51.0 Å². The molecule has 2 saturated carbocycles. The van der Waals surface area contributed by atoms with Crippen LogP contribution in [0, 0.1) is 94.1 Å². The van der Waals surface area contributed by atoms with Crippen molar-refractivity contribution < 1.29 is 77.2 Å². The Balaban J connectivity index is 0.000000513. The van der Waals surface area contributed by atoms with Gasteiger partial charge in [0.25, 0.3) is 0 Å². The minimum atomic E-state index is -0.863. The third-order valence-electron chi connectivity index (χ3n) is 24.9. The van der Waals surface area contributed by atoms with Gasteiger partial charge in [0.1, 0.15) is 6.10 Å². The van der Waals surface area contributed by atoms with Crippen molar-refractivity contribution in [2.24, 2.45) is 94.1 Å². The van der Waals surface area contributed by atoms with Crippen LogP contribution in [0.25, 0.3) is 0 Å². The van der Waals surface area contributed by atoms with Gasteiger partial charge in [0.2, 0.25) is 29.5 Å². The van der Waals surface area contributed by atoms with Crippen molar-refractivity contribution in [3.8, 4) is 0 Å². The monoisotopic (exact) mass is 1760 g/mol. The second-order valence-corrected chi connectivity index (χ2v) is 51.2. The molecule has 0 spiro atoms. The van der Waals surface area contributed by atoms with E-state index in [9.17, 15) is 63.0 Å². The third-order valence-corrected chi connectivity index (χ3v) is 24.9. The smallest absolute Gasteiger partial charge is 0.224 e. The lowest BCUT2D eigenvalue weighted by Gasteiger charge is -2.37. The first-order valence-electron chi connectivity index (χ1n) is 47.0. The molecular formula is C104H183N5O16. The van der Waals surface area contributed by atoms with E-state index < -0.39 is 74.4 Å². The van der Waals surface area contributed by atoms with E-state index in [-0.39, 0.29) is 126 Å². The van der Waals surface area contributed by atoms with Gasteiger partial charge in [0.15, 0.2) is 34.7 Å². The first-order valence-corrected chi connectivity index (χ1v) is 47.0. The number of hydrogen-bond acceptors (Lipinski definition) is 16. The summed E-state index contributed by atoms with van der Waals surface area (Å²) < 4.78 is 16.9. The van der Waals surface area contributed by atoms with E-state index in [1.807, 2.05) is 274 Å². The molecular weight excluding hydrogens is 1580 g/mol. The molecule has 0 radical (unpaired) electrons. The van der Waals surface area contributed by atoms with E-state index >= 15 is 0 Å². The van der Waals surface area contributed by atoms with Gasteiger partial charge in [-0.3, -0.25) is 52.7 Å². The predicted octanol–water partition coefficient (Wildman–Crippen LogP) is 19.6. The Morgan fingerprint density at radius 2 is 0.712 bits per heavy atom. The molecule has 13 atom stereocenters. The number of benzene rings is 1. The first-order chi connectivity index (χ1) is 55.9. The number of carbonyl (C=O) groups is 11. The molecule has 4 saturated heterocycles. The number of rotatable bonds is 21. The SMILES string of the molecule is CC(C)(C)C(=O)C(NC(=O)C1CC1c1ccccc1)C(C)(C)C.CC(C)(C)C(=O)C(NC(=O)CC1CC2CCC1O2)C(C)(C)C.CC(C)(C)C(=O)C(O)C(C)(C)C.CC1(CC(=O)NC(C(=O)C(C)(C)C)C(C)(C)C)CCOCC1.CC1(O)CCC(CC(=O)NC(C(=O)C(C)(C)C)C(C)(C)C)CC1.CC1CC(CC(=O)NC(C(=O)C(C)(C)C)C(C)(C)C)CC(C)O1. The predicted molar refractivity (Wildman–Crippen MR) is 504 cm³/mol. The first kappa shape index (κ1) is 115. The van der Waals surface area contributed by atoms with Gasteiger partial charge in [-0.2, -0.15) is 0 Å². The minimum Gasteiger partial charge on any atom is -0.390 e. The van der Waals surface area contributed by atoms with Crippen LogP contribution in [0.2, 0.25) is 0 Å². The highest BCUT2D eigenvalue weighted by Crippen LogP contribution is 2.48. The Labute approximate surface area is 759 Å². The summed E-state index contributed by atoms with van der Waals surface area (Å²) >= 11 is 0. The molecule has 0 aromatic heterocycles. The highest BCUT2D eigenvalue weighted by atomic mass is 16.5. The molecule has 125 heavy (non-hydrogen) atoms. The lowest BCUT2D eigenvalue weighted by atomic mass is 9.75. The van der Waals surface area contributed by atoms with Crippen LogP contribution in [-0.4, -0.2) is 154 Å². The maximum atomic E-state index is 12.7. The van der Waals surface area contributed by atoms with Crippen LogP contribution in [0.5, 0.6) is 0 Å². The zero-order chi connectivity index (χ0) is 97.5. The quantitative estimate of drug-likeness (QED) is 0.0601. The van der Waals surface area contributed by atoms with Crippen LogP contribution in [-0.2, 0) is 67.0 Å². The van der Waals surface area contributed by atoms with Crippen molar-refractivity contribution in [2.75, 3.05) is 13.2 Å². The molecule has 7 rings (SSSR count). The number of nitrogens with one attached hydrogen (secondary N) is 5. The van der Waals surface area contributed by atoms with E-state index in [0.29, 0.717) is 68.7 Å². The molecule has 7 N–H and O–H groups in total. The lowest BCUT2D eigenvalue weighted by molar-refractivity contribution is -0.140. The van der Waals surface area contributed by atoms with Crippen LogP contribution in [0.3, 0.4) is 0 Å². The summed E-state index contributed by atoms with van der Waals surface area (Å²) in [6.07, 6.45) is 12.9. The van der Waals surface area contributed by atoms with Gasteiger partial charge in [0, 0.05) is 77.3 Å². The number of aliphatic hydroxyl groups is 2. The minimum absolute atomic E-state index is 0.00461. The zero-order valence-corrected chi connectivity index (χ0v) is 86.4. The van der Waals surface area contributed by atoms with E-state index in [1.165, 1.54) is 5.56 Å². The van der Waals surface area contributed by atoms with E-state index in [4.69, 9.17) is 14.2 Å². The molecule has 2 aliphatic carbocycles. The number of amides is 5. The molecule has 6 aliphatic rings. The summed E-state index contributed by atoms with van der Waals surface area (Å²) in [5.74, 6) is 1.51. The maximum Gasteiger partial charge on any atom is 0.224 e. The number of fused-ring (bicyclic) bond motifs is 2. The Bertz CT molecular complexity index is 3670. The van der Waals surface area contributed by atoms with Crippen LogP contribution in [0.4, 0.5) is 0 Å². The average molecular weight is 1760 g/mol. The van der Waals surface area contributed by atoms with Crippen molar-refractivity contribution in [1.29, 1.82) is 0 Å². The fourth-order valence-electron chi connectivity index (χ4n) is 16.4. The maximum absolute atomic E-state index is 12.7. The van der Waals surface area contributed by atoms with Gasteiger partial charge in [-0.15, -0.1) is 0 Å². The molecule has 720 valence electrons. The van der Waals surface area contributed by atoms with Crippen LogP contribution in [0.1, 0.15) is 391 Å². The molecule has 4 aliphatic heterocycles. The molecule has 1 aromatic rings. The highest BCUT2D eigenvalue weighted by Gasteiger charge is 2.50. The topological polar surface area (TPSA) is 316 Å². The lowest BCUT2D eigenvalue weighted by Crippen LogP contribution is -2.53. The summed E-state index contributed by atoms with van der Waals surface area (Å²) in [5, 5.41) is 34.7. The molecule has 1 aromatic carbocycles. The molecule has 2 bridgehead atoms. The Kier molecular flexibility index (Phi) is 41.6. The third kappa shape index (κ3) is 39.9. The van der Waals surface area contributed by atoms with Gasteiger partial charge >= 0.3 is 0 Å². The van der Waals surface area contributed by atoms with Crippen LogP contribution in [0.15, 0.2) is 30.3 Å². The number of Topliss-reactive ketones (excluding diaryl/α,β-unsaturated/α-hetero) is 6. The molecule has 21 nitrogen and oxygen atoms in total. The summed E-state index contributed by atoms with van der Waals surface area (Å²) in [7, 11) is 0. The fraction of sp³-hybridized carbons (Fsp3) is 0.837. The Morgan fingerprint density at radius 3 is 1.02 bits per heavy atom. The molecule has 13 unspecified atom stereocenters. The number of carbonyl (C=O) groups excluding carboxylic acids is 11. The van der Waals surface area contributed by atoms with Crippen LogP contribution < -0.4 is 26.6 Å². The van der Waals surface area contributed by atoms with Gasteiger partial charge in [0.05, 0.1) is 60.2 Å². The fourth-order valence-corrected chi connectivity index (χ4v) is 16.4. The summed E-state index contributed by atoms with van der Waals surface area (Å²) in [6.45, 7) is 79.1. The zero-order valence-electron chi connectivity index (χ0n) is 86.4. The summed E-state index contributed by atoms with van der Waals surface area (Å²) in [4.78, 5) is 138. The Hall–Kier alpha value is -5.61. The van der Waals surface area contributed by atoms with Crippen molar-refractivity contribution in [3.05, 3.63) is 35.9 Å². The van der Waals surface area contributed by atoms with E-state index in [2.05, 4.69) is 59.5 Å². The van der Waals surface area contributed by atoms with Crippen LogP contribution >= 0.6 is 0 Å². The van der Waals surface area contributed by atoms with Crippen molar-refractivity contribution in [3.63, 3.8) is 0 Å². The highest BCUT2D eigenvalue weighted by molar-refractivity contribution is 5.97. The van der Waals surface area contributed by atoms with Gasteiger partial charge in [-0.05, 0) is 165 Å². The molecule has 21 heteroatoms. The molecule has 6 fully saturated rings. The van der Waals surface area contributed by atoms with E-state index in [1.54, 1.807) is 0 Å². The van der Waals surface area contributed by atoms with Crippen molar-refractivity contribution in [1.82, 2.24) is 26.6 Å². The largest absolute Gasteiger partial charge is 0.390 e. The number of ketones is 6. The number of hydrogen-bond donors (Lipinski definition) is 7. The summed E-state index contributed by atoms with van der Waals surface area (Å²) in [5.41, 5.74) is -4.01. The van der Waals surface area contributed by atoms with Gasteiger partial charge in [-0.25, -0.2) is 0 Å². The Morgan fingerprint density at radius 1 is 0.384 bits per heavy atom. The second-order valence-electron chi connectivity index (χ2n) is 51.2. The summed E-state index contributed by atoms with van der Waals surface area (Å²) in [6, 6.07) is 7.85. The van der Waals surface area contributed by atoms with Crippen molar-refractivity contribution in [2.45, 2.75) is 452 Å². The normalized spacial score (nSPS) is 24.5. The average Bonchev–Trinajstić information content (AvgIpc) is 1.63. The second kappa shape index (κ2) is 45.0. The standard InChI is InChI=1S/C20H29NO2.2C19H35NO3.C18H31NO3.C18H33NO3.C10H20O2/c1-19(2,3)16(17(22)20(4,5)6)21-18(23)15-12-14(15)13-10-8-7-9-11-13;1-12-9-14(10-13(2)23-12)11-15(21)20-16(18(3,4)5)17(22)19(6,7)8;1-17(2,3)15(16(22)18(4,5)6)20-14(21)12-13-8-10-19(7,23)11-9-13;1-17(2,3)15(16(21)18(4,5)6)19-14(20)10-11-9-12-7-8-13(11)22-12;1-16(2,3)14(15(21)17(4,5)6)19-13(20)12-18(7)8-10-22-11-9-18;1-9(2,3)7(11)8(12)10(4,5)6/h7-11,14-16H,12H2,1-6H3,(H,21,23);12-14,16H,9-11H2,1-8H3,(H,20,21);13,15,23H,8-12H2,1-7H3,(H,20,21);11-13,15H,7-10H2,1-6H3,(H,19,20);14H,8-12H2,1-7H3,(H,19,20);7,11H,1-6H3. The number of aliphatic hydroxyl groups excluding tert-OH is 1. The van der Waals surface area contributed by atoms with Crippen molar-refractivity contribution >= 4 is 64.2 Å². The van der Waals surface area contributed by atoms with E-state index in [0.717, 1.165) is 77.0 Å². The number of ether oxygens (including phenoxy) is 3. The van der Waals surface area contributed by atoms with Gasteiger partial charge in [-0.1, -0.05) is 287 Å². The molecule has 4 heterocycles. The molecule has 5 amide bonds.